The van der Waals surface area contributed by atoms with Gasteiger partial charge in [0.05, 0.1) is 0 Å². The molecule has 0 saturated heterocycles. The van der Waals surface area contributed by atoms with Gasteiger partial charge in [0.15, 0.2) is 5.78 Å². The van der Waals surface area contributed by atoms with Gasteiger partial charge in [-0.05, 0) is 73.5 Å². The summed E-state index contributed by atoms with van der Waals surface area (Å²) in [7, 11) is 1.57. The number of hydrogen-bond donors (Lipinski definition) is 0. The van der Waals surface area contributed by atoms with Crippen LogP contribution in [0.3, 0.4) is 0 Å². The van der Waals surface area contributed by atoms with Gasteiger partial charge in [-0.1, -0.05) is 13.8 Å². The topological polar surface area (TPSA) is 69.7 Å². The lowest BCUT2D eigenvalue weighted by Gasteiger charge is -2.59. The molecule has 0 aromatic rings. The van der Waals surface area contributed by atoms with Gasteiger partial charge < -0.3 is 9.47 Å². The predicted molar refractivity (Wildman–Crippen MR) is 108 cm³/mol. The van der Waals surface area contributed by atoms with Crippen LogP contribution in [0.4, 0.5) is 0 Å². The second kappa shape index (κ2) is 7.47. The highest BCUT2D eigenvalue weighted by atomic mass is 16.5. The molecule has 0 aromatic heterocycles. The number of fused-ring (bicyclic) bond motifs is 5. The maximum atomic E-state index is 13.6. The Hall–Kier alpha value is -1.23. The van der Waals surface area contributed by atoms with Crippen LogP contribution in [0.5, 0.6) is 0 Å². The minimum atomic E-state index is -0.202. The van der Waals surface area contributed by atoms with E-state index in [-0.39, 0.29) is 47.1 Å². The van der Waals surface area contributed by atoms with Crippen LogP contribution in [0.15, 0.2) is 0 Å². The molecular formula is C24H36O5. The van der Waals surface area contributed by atoms with Gasteiger partial charge in [-0.25, -0.2) is 0 Å². The van der Waals surface area contributed by atoms with Crippen LogP contribution in [0.25, 0.3) is 0 Å². The van der Waals surface area contributed by atoms with Gasteiger partial charge in [-0.2, -0.15) is 0 Å². The summed E-state index contributed by atoms with van der Waals surface area (Å²) in [5, 5.41) is 0. The molecule has 0 aromatic carbocycles. The van der Waals surface area contributed by atoms with E-state index in [0.717, 1.165) is 44.9 Å². The van der Waals surface area contributed by atoms with Gasteiger partial charge in [0, 0.05) is 32.3 Å². The van der Waals surface area contributed by atoms with E-state index in [1.807, 2.05) is 0 Å². The van der Waals surface area contributed by atoms with E-state index in [1.165, 1.54) is 6.92 Å². The third-order valence-corrected chi connectivity index (χ3v) is 9.31. The molecule has 5 nitrogen and oxygen atoms in total. The number of esters is 1. The first-order valence-corrected chi connectivity index (χ1v) is 11.4. The highest BCUT2D eigenvalue weighted by Crippen LogP contribution is 2.66. The molecule has 4 aliphatic carbocycles. The van der Waals surface area contributed by atoms with Crippen LogP contribution in [0.1, 0.15) is 72.1 Å². The zero-order valence-electron chi connectivity index (χ0n) is 18.4. The fraction of sp³-hybridized carbons (Fsp3) is 0.875. The van der Waals surface area contributed by atoms with Crippen molar-refractivity contribution in [1.82, 2.24) is 0 Å². The van der Waals surface area contributed by atoms with E-state index in [2.05, 4.69) is 13.8 Å². The summed E-state index contributed by atoms with van der Waals surface area (Å²) in [6.45, 7) is 6.16. The lowest BCUT2D eigenvalue weighted by atomic mass is 9.44. The van der Waals surface area contributed by atoms with Gasteiger partial charge in [-0.3, -0.25) is 14.4 Å². The van der Waals surface area contributed by atoms with Crippen LogP contribution in [-0.4, -0.2) is 37.4 Å². The zero-order valence-corrected chi connectivity index (χ0v) is 18.4. The van der Waals surface area contributed by atoms with Crippen molar-refractivity contribution in [2.75, 3.05) is 13.7 Å². The number of rotatable bonds is 4. The van der Waals surface area contributed by atoms with Crippen molar-refractivity contribution in [2.24, 2.45) is 40.4 Å². The first-order valence-electron chi connectivity index (χ1n) is 11.4. The normalized spacial score (nSPS) is 46.4. The van der Waals surface area contributed by atoms with Crippen LogP contribution < -0.4 is 0 Å². The number of carbonyl (C=O) groups is 3. The fourth-order valence-electron chi connectivity index (χ4n) is 8.15. The lowest BCUT2D eigenvalue weighted by Crippen LogP contribution is -2.58. The summed E-state index contributed by atoms with van der Waals surface area (Å²) < 4.78 is 10.7. The molecule has 0 aliphatic heterocycles. The van der Waals surface area contributed by atoms with Gasteiger partial charge in [0.1, 0.15) is 18.5 Å². The number of ether oxygens (including phenoxy) is 2. The summed E-state index contributed by atoms with van der Waals surface area (Å²) in [5.74, 6) is 1.72. The molecule has 4 aliphatic rings. The van der Waals surface area contributed by atoms with E-state index < -0.39 is 0 Å². The van der Waals surface area contributed by atoms with Gasteiger partial charge in [0.2, 0.25) is 0 Å². The largest absolute Gasteiger partial charge is 0.463 e. The summed E-state index contributed by atoms with van der Waals surface area (Å²) in [6, 6.07) is 0. The molecule has 4 rings (SSSR count). The standard InChI is InChI=1S/C24H36O5/c1-14(25)29-16-9-10-23(2)15(11-16)5-6-17-18-7-8-19(21(27)13-28-4)24(18,3)12-20(26)22(17)23/h15-19,22H,5-13H2,1-4H3/t15-,16-,17+,18+,19-,22-,23+,24+/m1/s1. The summed E-state index contributed by atoms with van der Waals surface area (Å²) in [6.07, 6.45) is 7.38. The van der Waals surface area contributed by atoms with Crippen LogP contribution >= 0.6 is 0 Å². The van der Waals surface area contributed by atoms with E-state index in [0.29, 0.717) is 30.0 Å². The fourth-order valence-corrected chi connectivity index (χ4v) is 8.15. The Morgan fingerprint density at radius 3 is 2.52 bits per heavy atom. The van der Waals surface area contributed by atoms with E-state index in [1.54, 1.807) is 7.11 Å². The predicted octanol–water partition coefficient (Wildman–Crippen LogP) is 3.97. The minimum absolute atomic E-state index is 0.00655. The zero-order chi connectivity index (χ0) is 21.0. The van der Waals surface area contributed by atoms with Gasteiger partial charge in [0.25, 0.3) is 0 Å². The van der Waals surface area contributed by atoms with Crippen LogP contribution in [0.2, 0.25) is 0 Å². The quantitative estimate of drug-likeness (QED) is 0.663. The minimum Gasteiger partial charge on any atom is -0.463 e. The van der Waals surface area contributed by atoms with Gasteiger partial charge >= 0.3 is 5.97 Å². The van der Waals surface area contributed by atoms with Crippen molar-refractivity contribution < 1.29 is 23.9 Å². The molecule has 0 N–H and O–H groups in total. The molecular weight excluding hydrogens is 368 g/mol. The van der Waals surface area contributed by atoms with E-state index in [9.17, 15) is 14.4 Å². The number of hydrogen-bond acceptors (Lipinski definition) is 5. The molecule has 29 heavy (non-hydrogen) atoms. The summed E-state index contributed by atoms with van der Waals surface area (Å²) in [5.41, 5.74) is -0.196. The first kappa shape index (κ1) is 21.0. The van der Waals surface area contributed by atoms with E-state index >= 15 is 0 Å². The average Bonchev–Trinajstić information content (AvgIpc) is 2.98. The molecule has 162 valence electrons. The molecule has 4 fully saturated rings. The Bertz CT molecular complexity index is 701. The highest BCUT2D eigenvalue weighted by molar-refractivity contribution is 5.88. The maximum absolute atomic E-state index is 13.6. The molecule has 0 bridgehead atoms. The Morgan fingerprint density at radius 2 is 1.83 bits per heavy atom. The molecule has 8 atom stereocenters. The van der Waals surface area contributed by atoms with Crippen molar-refractivity contribution in [3.8, 4) is 0 Å². The highest BCUT2D eigenvalue weighted by Gasteiger charge is 2.64. The first-order chi connectivity index (χ1) is 13.7. The van der Waals surface area contributed by atoms with Crippen molar-refractivity contribution in [3.63, 3.8) is 0 Å². The number of Topliss-reactive ketones (excluding diaryl/α,β-unsaturated/α-hetero) is 2. The Kier molecular flexibility index (Phi) is 5.42. The SMILES string of the molecule is COCC(=O)[C@H]1CC[C@H]2[C@@H]3CC[C@@H]4C[C@H](OC(C)=O)CC[C@]4(C)[C@H]3C(=O)C[C@]12C. The van der Waals surface area contributed by atoms with Crippen molar-refractivity contribution in [1.29, 1.82) is 0 Å². The molecule has 4 saturated carbocycles. The number of carbonyl (C=O) groups excluding carboxylic acids is 3. The Morgan fingerprint density at radius 1 is 1.07 bits per heavy atom. The van der Waals surface area contributed by atoms with Gasteiger partial charge in [-0.15, -0.1) is 0 Å². The third kappa shape index (κ3) is 3.28. The Balaban J connectivity index is 1.57. The molecule has 0 heterocycles. The number of methoxy groups -OCH3 is 1. The monoisotopic (exact) mass is 404 g/mol. The summed E-state index contributed by atoms with van der Waals surface area (Å²) >= 11 is 0. The van der Waals surface area contributed by atoms with E-state index in [4.69, 9.17) is 9.47 Å². The Labute approximate surface area is 174 Å². The number of ketones is 2. The molecule has 0 amide bonds. The second-order valence-corrected chi connectivity index (χ2v) is 10.7. The third-order valence-electron chi connectivity index (χ3n) is 9.31. The van der Waals surface area contributed by atoms with Crippen molar-refractivity contribution in [3.05, 3.63) is 0 Å². The molecule has 5 heteroatoms. The molecule has 0 spiro atoms. The second-order valence-electron chi connectivity index (χ2n) is 10.7. The van der Waals surface area contributed by atoms with Crippen LogP contribution in [-0.2, 0) is 23.9 Å². The maximum Gasteiger partial charge on any atom is 0.302 e. The lowest BCUT2D eigenvalue weighted by molar-refractivity contribution is -0.169. The molecule has 0 unspecified atom stereocenters. The smallest absolute Gasteiger partial charge is 0.302 e. The van der Waals surface area contributed by atoms with Crippen LogP contribution in [0, 0.1) is 40.4 Å². The van der Waals surface area contributed by atoms with Crippen molar-refractivity contribution in [2.45, 2.75) is 78.2 Å². The molecule has 0 radical (unpaired) electrons. The van der Waals surface area contributed by atoms with Crippen molar-refractivity contribution >= 4 is 17.5 Å². The summed E-state index contributed by atoms with van der Waals surface area (Å²) in [4.78, 5) is 37.7. The average molecular weight is 405 g/mol.